The van der Waals surface area contributed by atoms with Crippen molar-refractivity contribution >= 4 is 15.9 Å². The van der Waals surface area contributed by atoms with Crippen LogP contribution in [0.1, 0.15) is 29.8 Å². The molecule has 0 saturated heterocycles. The van der Waals surface area contributed by atoms with Crippen LogP contribution in [0.25, 0.3) is 11.3 Å². The number of hydrogen-bond donors (Lipinski definition) is 1. The van der Waals surface area contributed by atoms with Gasteiger partial charge in [0, 0.05) is 19.0 Å². The molecule has 1 aromatic heterocycles. The van der Waals surface area contributed by atoms with Crippen LogP contribution in [0.2, 0.25) is 0 Å². The Hall–Kier alpha value is -1.13. The van der Waals surface area contributed by atoms with Crippen molar-refractivity contribution in [2.24, 2.45) is 12.8 Å². The number of imidazole rings is 1. The molecule has 0 aliphatic heterocycles. The molecule has 4 heteroatoms. The van der Waals surface area contributed by atoms with Crippen molar-refractivity contribution in [1.29, 1.82) is 0 Å². The Labute approximate surface area is 128 Å². The van der Waals surface area contributed by atoms with E-state index in [2.05, 4.69) is 50.7 Å². The number of benzene rings is 1. The molecular formula is C16H20BrN3. The Bertz CT molecular complexity index is 631. The van der Waals surface area contributed by atoms with E-state index in [1.807, 2.05) is 0 Å². The summed E-state index contributed by atoms with van der Waals surface area (Å²) in [4.78, 5) is 4.59. The molecule has 0 atom stereocenters. The Morgan fingerprint density at radius 1 is 1.25 bits per heavy atom. The Morgan fingerprint density at radius 2 is 2.00 bits per heavy atom. The van der Waals surface area contributed by atoms with Crippen LogP contribution in [0.4, 0.5) is 0 Å². The first-order chi connectivity index (χ1) is 9.70. The maximum Gasteiger partial charge on any atom is 0.132 e. The summed E-state index contributed by atoms with van der Waals surface area (Å²) in [6, 6.07) is 6.84. The lowest BCUT2D eigenvalue weighted by molar-refractivity contribution is 0.685. The van der Waals surface area contributed by atoms with Gasteiger partial charge in [-0.25, -0.2) is 4.98 Å². The van der Waals surface area contributed by atoms with Crippen LogP contribution in [0.15, 0.2) is 22.8 Å². The van der Waals surface area contributed by atoms with Gasteiger partial charge in [0.2, 0.25) is 0 Å². The van der Waals surface area contributed by atoms with E-state index in [9.17, 15) is 0 Å². The zero-order valence-corrected chi connectivity index (χ0v) is 13.4. The average Bonchev–Trinajstić information content (AvgIpc) is 2.73. The predicted molar refractivity (Wildman–Crippen MR) is 85.7 cm³/mol. The number of fused-ring (bicyclic) bond motifs is 1. The van der Waals surface area contributed by atoms with Gasteiger partial charge in [0.1, 0.15) is 10.4 Å². The first-order valence-electron chi connectivity index (χ1n) is 7.24. The van der Waals surface area contributed by atoms with Gasteiger partial charge < -0.3 is 10.3 Å². The quantitative estimate of drug-likeness (QED) is 0.937. The third kappa shape index (κ3) is 2.42. The zero-order chi connectivity index (χ0) is 14.1. The smallest absolute Gasteiger partial charge is 0.132 e. The second-order valence-corrected chi connectivity index (χ2v) is 6.21. The molecule has 2 aromatic rings. The van der Waals surface area contributed by atoms with E-state index >= 15 is 0 Å². The highest BCUT2D eigenvalue weighted by atomic mass is 79.9. The van der Waals surface area contributed by atoms with Gasteiger partial charge >= 0.3 is 0 Å². The molecule has 2 N–H and O–H groups in total. The monoisotopic (exact) mass is 333 g/mol. The Morgan fingerprint density at radius 3 is 2.75 bits per heavy atom. The van der Waals surface area contributed by atoms with Crippen molar-refractivity contribution < 1.29 is 0 Å². The molecule has 1 aliphatic rings. The van der Waals surface area contributed by atoms with Gasteiger partial charge in [0.05, 0.1) is 5.69 Å². The van der Waals surface area contributed by atoms with Crippen molar-refractivity contribution in [3.63, 3.8) is 0 Å². The van der Waals surface area contributed by atoms with E-state index in [0.29, 0.717) is 6.54 Å². The minimum atomic E-state index is 0.626. The molecule has 1 aliphatic carbocycles. The third-order valence-corrected chi connectivity index (χ3v) is 4.69. The molecule has 0 unspecified atom stereocenters. The molecule has 0 saturated carbocycles. The standard InChI is InChI=1S/C16H20BrN3/c1-20-14(8-9-18)19-16(17)15(20)13-7-6-11-4-2-3-5-12(11)10-13/h6-7,10H,2-5,8-9,18H2,1H3. The molecule has 1 heterocycles. The SMILES string of the molecule is Cn1c(CCN)nc(Br)c1-c1ccc2c(c1)CCCC2. The molecule has 20 heavy (non-hydrogen) atoms. The van der Waals surface area contributed by atoms with Crippen LogP contribution in [-0.2, 0) is 26.3 Å². The normalized spacial score (nSPS) is 14.3. The van der Waals surface area contributed by atoms with Gasteiger partial charge in [-0.05, 0) is 65.4 Å². The maximum atomic E-state index is 5.65. The molecule has 0 fully saturated rings. The van der Waals surface area contributed by atoms with Crippen molar-refractivity contribution in [3.05, 3.63) is 39.8 Å². The number of nitrogens with two attached hydrogens (primary N) is 1. The summed E-state index contributed by atoms with van der Waals surface area (Å²) in [5.41, 5.74) is 11.1. The molecule has 1 aromatic carbocycles. The number of hydrogen-bond acceptors (Lipinski definition) is 2. The average molecular weight is 334 g/mol. The first-order valence-corrected chi connectivity index (χ1v) is 8.03. The molecule has 0 radical (unpaired) electrons. The van der Waals surface area contributed by atoms with Crippen molar-refractivity contribution in [2.45, 2.75) is 32.1 Å². The van der Waals surface area contributed by atoms with Gasteiger partial charge in [-0.3, -0.25) is 0 Å². The van der Waals surface area contributed by atoms with E-state index in [0.717, 1.165) is 22.5 Å². The summed E-state index contributed by atoms with van der Waals surface area (Å²) in [5.74, 6) is 1.03. The van der Waals surface area contributed by atoms with E-state index in [1.165, 1.54) is 42.4 Å². The largest absolute Gasteiger partial charge is 0.330 e. The van der Waals surface area contributed by atoms with E-state index in [-0.39, 0.29) is 0 Å². The lowest BCUT2D eigenvalue weighted by Gasteiger charge is -2.17. The fourth-order valence-electron chi connectivity index (χ4n) is 3.05. The fourth-order valence-corrected chi connectivity index (χ4v) is 3.75. The number of rotatable bonds is 3. The topological polar surface area (TPSA) is 43.8 Å². The van der Waals surface area contributed by atoms with Crippen molar-refractivity contribution in [2.75, 3.05) is 6.54 Å². The summed E-state index contributed by atoms with van der Waals surface area (Å²) in [7, 11) is 2.07. The zero-order valence-electron chi connectivity index (χ0n) is 11.8. The van der Waals surface area contributed by atoms with Crippen molar-refractivity contribution in [1.82, 2.24) is 9.55 Å². The second kappa shape index (κ2) is 5.70. The lowest BCUT2D eigenvalue weighted by Crippen LogP contribution is -2.08. The summed E-state index contributed by atoms with van der Waals surface area (Å²) < 4.78 is 3.07. The first kappa shape index (κ1) is 13.8. The number of nitrogens with zero attached hydrogens (tertiary/aromatic N) is 2. The highest BCUT2D eigenvalue weighted by Gasteiger charge is 2.16. The molecular weight excluding hydrogens is 314 g/mol. The highest BCUT2D eigenvalue weighted by molar-refractivity contribution is 9.10. The van der Waals surface area contributed by atoms with Gasteiger partial charge in [-0.15, -0.1) is 0 Å². The Kier molecular flexibility index (Phi) is 3.94. The molecule has 3 nitrogen and oxygen atoms in total. The van der Waals surface area contributed by atoms with E-state index in [1.54, 1.807) is 0 Å². The van der Waals surface area contributed by atoms with Gasteiger partial charge in [0.15, 0.2) is 0 Å². The van der Waals surface area contributed by atoms with Crippen LogP contribution in [0, 0.1) is 0 Å². The van der Waals surface area contributed by atoms with Gasteiger partial charge in [-0.2, -0.15) is 0 Å². The van der Waals surface area contributed by atoms with Crippen LogP contribution in [-0.4, -0.2) is 16.1 Å². The number of halogens is 1. The summed E-state index contributed by atoms with van der Waals surface area (Å²) in [5, 5.41) is 0. The third-order valence-electron chi connectivity index (χ3n) is 4.14. The van der Waals surface area contributed by atoms with Gasteiger partial charge in [-0.1, -0.05) is 12.1 Å². The van der Waals surface area contributed by atoms with Crippen LogP contribution < -0.4 is 5.73 Å². The van der Waals surface area contributed by atoms with Crippen LogP contribution in [0.3, 0.4) is 0 Å². The minimum absolute atomic E-state index is 0.626. The van der Waals surface area contributed by atoms with Crippen LogP contribution >= 0.6 is 15.9 Å². The minimum Gasteiger partial charge on any atom is -0.330 e. The molecule has 0 spiro atoms. The Balaban J connectivity index is 2.04. The molecule has 0 bridgehead atoms. The fraction of sp³-hybridized carbons (Fsp3) is 0.438. The molecule has 0 amide bonds. The molecule has 106 valence electrons. The molecule has 3 rings (SSSR count). The van der Waals surface area contributed by atoms with Crippen LogP contribution in [0.5, 0.6) is 0 Å². The maximum absolute atomic E-state index is 5.65. The highest BCUT2D eigenvalue weighted by Crippen LogP contribution is 2.32. The number of aromatic nitrogens is 2. The lowest BCUT2D eigenvalue weighted by atomic mass is 9.90. The predicted octanol–water partition coefficient (Wildman–Crippen LogP) is 3.23. The van der Waals surface area contributed by atoms with Crippen molar-refractivity contribution in [3.8, 4) is 11.3 Å². The second-order valence-electron chi connectivity index (χ2n) is 5.46. The summed E-state index contributed by atoms with van der Waals surface area (Å²) in [6.07, 6.45) is 5.86. The summed E-state index contributed by atoms with van der Waals surface area (Å²) in [6.45, 7) is 0.626. The van der Waals surface area contributed by atoms with E-state index < -0.39 is 0 Å². The summed E-state index contributed by atoms with van der Waals surface area (Å²) >= 11 is 3.60. The van der Waals surface area contributed by atoms with Gasteiger partial charge in [0.25, 0.3) is 0 Å². The van der Waals surface area contributed by atoms with E-state index in [4.69, 9.17) is 5.73 Å². The number of aryl methyl sites for hydroxylation is 2.